The molecular formula is C12H18Cl2N2O2. The second-order valence-electron chi connectivity index (χ2n) is 3.73. The number of rotatable bonds is 6. The molecular weight excluding hydrogens is 275 g/mol. The first-order valence-electron chi connectivity index (χ1n) is 5.40. The number of carbonyl (C=O) groups is 1. The monoisotopic (exact) mass is 292 g/mol. The molecule has 0 aliphatic rings. The second kappa shape index (κ2) is 9.16. The van der Waals surface area contributed by atoms with Gasteiger partial charge < -0.3 is 15.8 Å². The molecule has 1 atom stereocenters. The van der Waals surface area contributed by atoms with Crippen molar-refractivity contribution in [2.24, 2.45) is 5.73 Å². The van der Waals surface area contributed by atoms with E-state index in [2.05, 4.69) is 5.32 Å². The van der Waals surface area contributed by atoms with Crippen molar-refractivity contribution < 1.29 is 9.53 Å². The Balaban J connectivity index is 0.00000289. The number of hydrogen-bond acceptors (Lipinski definition) is 3. The van der Waals surface area contributed by atoms with E-state index in [0.29, 0.717) is 11.6 Å². The molecule has 0 saturated carbocycles. The molecule has 4 nitrogen and oxygen atoms in total. The van der Waals surface area contributed by atoms with Gasteiger partial charge in [0, 0.05) is 18.7 Å². The van der Waals surface area contributed by atoms with Gasteiger partial charge in [-0.15, -0.1) is 12.4 Å². The fourth-order valence-electron chi connectivity index (χ4n) is 1.37. The SMILES string of the molecule is COCC(N)C(=O)NCCc1ccc(Cl)cc1.Cl. The van der Waals surface area contributed by atoms with Crippen LogP contribution in [-0.2, 0) is 16.0 Å². The molecule has 1 aromatic carbocycles. The number of amides is 1. The summed E-state index contributed by atoms with van der Waals surface area (Å²) in [5.41, 5.74) is 6.69. The third-order valence-electron chi connectivity index (χ3n) is 2.31. The molecule has 102 valence electrons. The van der Waals surface area contributed by atoms with E-state index in [9.17, 15) is 4.79 Å². The van der Waals surface area contributed by atoms with Gasteiger partial charge >= 0.3 is 0 Å². The normalized spacial score (nSPS) is 11.5. The van der Waals surface area contributed by atoms with Crippen LogP contribution in [0.1, 0.15) is 5.56 Å². The van der Waals surface area contributed by atoms with E-state index in [0.717, 1.165) is 12.0 Å². The van der Waals surface area contributed by atoms with Crippen LogP contribution in [0.25, 0.3) is 0 Å². The molecule has 0 aliphatic heterocycles. The number of benzene rings is 1. The van der Waals surface area contributed by atoms with Crippen molar-refractivity contribution in [3.63, 3.8) is 0 Å². The first kappa shape index (κ1) is 17.2. The number of ether oxygens (including phenoxy) is 1. The Bertz CT molecular complexity index is 358. The zero-order valence-electron chi connectivity index (χ0n) is 10.2. The molecule has 18 heavy (non-hydrogen) atoms. The summed E-state index contributed by atoms with van der Waals surface area (Å²) in [5, 5.41) is 3.46. The Morgan fingerprint density at radius 2 is 2.06 bits per heavy atom. The topological polar surface area (TPSA) is 64.3 Å². The Kier molecular flexibility index (Phi) is 8.75. The highest BCUT2D eigenvalue weighted by Crippen LogP contribution is 2.09. The summed E-state index contributed by atoms with van der Waals surface area (Å²) in [5.74, 6) is -0.194. The van der Waals surface area contributed by atoms with Gasteiger partial charge in [0.2, 0.25) is 5.91 Å². The lowest BCUT2D eigenvalue weighted by molar-refractivity contribution is -0.123. The first-order chi connectivity index (χ1) is 8.13. The summed E-state index contributed by atoms with van der Waals surface area (Å²) < 4.78 is 4.80. The predicted molar refractivity (Wildman–Crippen MR) is 75.3 cm³/mol. The lowest BCUT2D eigenvalue weighted by Gasteiger charge is -2.11. The molecule has 0 radical (unpaired) electrons. The molecule has 6 heteroatoms. The minimum Gasteiger partial charge on any atom is -0.383 e. The molecule has 0 aromatic heterocycles. The maximum atomic E-state index is 11.4. The molecule has 0 heterocycles. The van der Waals surface area contributed by atoms with Gasteiger partial charge in [0.05, 0.1) is 6.61 Å². The van der Waals surface area contributed by atoms with E-state index in [1.54, 1.807) is 0 Å². The Hall–Kier alpha value is -0.810. The molecule has 1 aromatic rings. The van der Waals surface area contributed by atoms with Crippen molar-refractivity contribution in [3.05, 3.63) is 34.9 Å². The number of carbonyl (C=O) groups excluding carboxylic acids is 1. The molecule has 0 bridgehead atoms. The molecule has 0 saturated heterocycles. The Labute approximate surface area is 118 Å². The molecule has 1 unspecified atom stereocenters. The van der Waals surface area contributed by atoms with Crippen LogP contribution in [0, 0.1) is 0 Å². The summed E-state index contributed by atoms with van der Waals surface area (Å²) in [4.78, 5) is 11.4. The zero-order chi connectivity index (χ0) is 12.7. The van der Waals surface area contributed by atoms with Crippen molar-refractivity contribution in [3.8, 4) is 0 Å². The average molecular weight is 293 g/mol. The van der Waals surface area contributed by atoms with Crippen LogP contribution < -0.4 is 11.1 Å². The summed E-state index contributed by atoms with van der Waals surface area (Å²) in [6.07, 6.45) is 0.753. The predicted octanol–water partition coefficient (Wildman–Crippen LogP) is 1.39. The molecule has 1 rings (SSSR count). The van der Waals surface area contributed by atoms with Gasteiger partial charge in [-0.05, 0) is 24.1 Å². The summed E-state index contributed by atoms with van der Waals surface area (Å²) in [7, 11) is 1.51. The minimum atomic E-state index is -0.606. The van der Waals surface area contributed by atoms with Crippen LogP contribution >= 0.6 is 24.0 Å². The van der Waals surface area contributed by atoms with E-state index >= 15 is 0 Å². The highest BCUT2D eigenvalue weighted by molar-refractivity contribution is 6.30. The first-order valence-corrected chi connectivity index (χ1v) is 5.78. The third kappa shape index (κ3) is 6.21. The van der Waals surface area contributed by atoms with Crippen molar-refractivity contribution >= 4 is 29.9 Å². The summed E-state index contributed by atoms with van der Waals surface area (Å²) in [6.45, 7) is 0.782. The quantitative estimate of drug-likeness (QED) is 0.833. The van der Waals surface area contributed by atoms with Crippen molar-refractivity contribution in [2.75, 3.05) is 20.3 Å². The van der Waals surface area contributed by atoms with Crippen molar-refractivity contribution in [1.29, 1.82) is 0 Å². The summed E-state index contributed by atoms with van der Waals surface area (Å²) >= 11 is 5.77. The summed E-state index contributed by atoms with van der Waals surface area (Å²) in [6, 6.07) is 6.92. The van der Waals surface area contributed by atoms with E-state index in [1.807, 2.05) is 24.3 Å². The number of methoxy groups -OCH3 is 1. The molecule has 1 amide bonds. The third-order valence-corrected chi connectivity index (χ3v) is 2.56. The van der Waals surface area contributed by atoms with E-state index in [4.69, 9.17) is 22.1 Å². The van der Waals surface area contributed by atoms with E-state index < -0.39 is 6.04 Å². The molecule has 0 aliphatic carbocycles. The molecule has 3 N–H and O–H groups in total. The largest absolute Gasteiger partial charge is 0.383 e. The fourth-order valence-corrected chi connectivity index (χ4v) is 1.49. The Morgan fingerprint density at radius 1 is 1.44 bits per heavy atom. The van der Waals surface area contributed by atoms with Crippen LogP contribution in [-0.4, -0.2) is 32.2 Å². The van der Waals surface area contributed by atoms with Gasteiger partial charge in [-0.1, -0.05) is 23.7 Å². The van der Waals surface area contributed by atoms with E-state index in [1.165, 1.54) is 7.11 Å². The Morgan fingerprint density at radius 3 is 2.61 bits per heavy atom. The van der Waals surface area contributed by atoms with Crippen molar-refractivity contribution in [2.45, 2.75) is 12.5 Å². The number of hydrogen-bond donors (Lipinski definition) is 2. The lowest BCUT2D eigenvalue weighted by atomic mass is 10.1. The zero-order valence-corrected chi connectivity index (χ0v) is 11.8. The smallest absolute Gasteiger partial charge is 0.239 e. The number of nitrogens with two attached hydrogens (primary N) is 1. The van der Waals surface area contributed by atoms with Crippen LogP contribution in [0.4, 0.5) is 0 Å². The van der Waals surface area contributed by atoms with Crippen LogP contribution in [0.2, 0.25) is 5.02 Å². The van der Waals surface area contributed by atoms with Gasteiger partial charge in [-0.25, -0.2) is 0 Å². The maximum Gasteiger partial charge on any atom is 0.239 e. The average Bonchev–Trinajstić information content (AvgIpc) is 2.32. The number of nitrogens with one attached hydrogen (secondary N) is 1. The number of halogens is 2. The lowest BCUT2D eigenvalue weighted by Crippen LogP contribution is -2.44. The maximum absolute atomic E-state index is 11.4. The van der Waals surface area contributed by atoms with Crippen LogP contribution in [0.5, 0.6) is 0 Å². The standard InChI is InChI=1S/C12H17ClN2O2.ClH/c1-17-8-11(14)12(16)15-7-6-9-2-4-10(13)5-3-9;/h2-5,11H,6-8,14H2,1H3,(H,15,16);1H. The van der Waals surface area contributed by atoms with E-state index in [-0.39, 0.29) is 24.9 Å². The van der Waals surface area contributed by atoms with Crippen LogP contribution in [0.15, 0.2) is 24.3 Å². The highest BCUT2D eigenvalue weighted by Gasteiger charge is 2.11. The van der Waals surface area contributed by atoms with Gasteiger partial charge in [-0.2, -0.15) is 0 Å². The fraction of sp³-hybridized carbons (Fsp3) is 0.417. The highest BCUT2D eigenvalue weighted by atomic mass is 35.5. The second-order valence-corrected chi connectivity index (χ2v) is 4.17. The van der Waals surface area contributed by atoms with Gasteiger partial charge in [0.15, 0.2) is 0 Å². The van der Waals surface area contributed by atoms with Crippen molar-refractivity contribution in [1.82, 2.24) is 5.32 Å². The van der Waals surface area contributed by atoms with Gasteiger partial charge in [0.1, 0.15) is 6.04 Å². The van der Waals surface area contributed by atoms with Gasteiger partial charge in [0.25, 0.3) is 0 Å². The minimum absolute atomic E-state index is 0. The molecule has 0 fully saturated rings. The van der Waals surface area contributed by atoms with Crippen LogP contribution in [0.3, 0.4) is 0 Å². The van der Waals surface area contributed by atoms with Gasteiger partial charge in [-0.3, -0.25) is 4.79 Å². The molecule has 0 spiro atoms.